The van der Waals surface area contributed by atoms with Gasteiger partial charge in [-0.3, -0.25) is 9.89 Å². The highest BCUT2D eigenvalue weighted by molar-refractivity contribution is 5.14. The molecule has 1 aromatic rings. The van der Waals surface area contributed by atoms with Crippen LogP contribution in [0.2, 0.25) is 0 Å². The van der Waals surface area contributed by atoms with E-state index in [1.165, 1.54) is 38.5 Å². The van der Waals surface area contributed by atoms with Gasteiger partial charge in [0, 0.05) is 11.5 Å². The fourth-order valence-corrected chi connectivity index (χ4v) is 7.02. The predicted octanol–water partition coefficient (Wildman–Crippen LogP) is 3.93. The Bertz CT molecular complexity index is 632. The van der Waals surface area contributed by atoms with Gasteiger partial charge in [-0.05, 0) is 69.1 Å². The van der Waals surface area contributed by atoms with Crippen molar-refractivity contribution in [1.29, 1.82) is 0 Å². The molecule has 1 unspecified atom stereocenters. The molecule has 24 heavy (non-hydrogen) atoms. The Labute approximate surface area is 143 Å². The number of nitrogens with one attached hydrogen (secondary N) is 1. The van der Waals surface area contributed by atoms with E-state index < -0.39 is 6.10 Å². The summed E-state index contributed by atoms with van der Waals surface area (Å²) in [6, 6.07) is 2.00. The first-order chi connectivity index (χ1) is 11.6. The van der Waals surface area contributed by atoms with Gasteiger partial charge >= 0.3 is 0 Å². The molecule has 2 N–H and O–H groups in total. The summed E-state index contributed by atoms with van der Waals surface area (Å²) in [5.41, 5.74) is 0.879. The topological polar surface area (TPSA) is 58.0 Å². The van der Waals surface area contributed by atoms with Gasteiger partial charge in [0.15, 0.2) is 0 Å². The number of aliphatic hydroxyl groups is 1. The summed E-state index contributed by atoms with van der Waals surface area (Å²) in [5.74, 6) is 2.45. The normalized spacial score (nSPS) is 40.1. The number of aromatic nitrogens is 2. The Morgan fingerprint density at radius 3 is 2.21 bits per heavy atom. The molecule has 4 bridgehead atoms. The lowest BCUT2D eigenvalue weighted by molar-refractivity contribution is -0.123. The molecule has 5 aliphatic carbocycles. The Balaban J connectivity index is 1.43. The van der Waals surface area contributed by atoms with Crippen LogP contribution in [0.3, 0.4) is 0 Å². The molecular formula is C20H30N2O2. The van der Waals surface area contributed by atoms with E-state index in [9.17, 15) is 9.90 Å². The molecule has 1 aromatic heterocycles. The quantitative estimate of drug-likeness (QED) is 0.882. The monoisotopic (exact) mass is 330 g/mol. The van der Waals surface area contributed by atoms with E-state index in [0.29, 0.717) is 6.04 Å². The van der Waals surface area contributed by atoms with Crippen LogP contribution in [-0.4, -0.2) is 14.9 Å². The lowest BCUT2D eigenvalue weighted by atomic mass is 9.48. The molecule has 0 aliphatic heterocycles. The first kappa shape index (κ1) is 15.2. The largest absolute Gasteiger partial charge is 0.386 e. The zero-order valence-corrected chi connectivity index (χ0v) is 14.5. The SMILES string of the molecule is O=c1cc(C(O)C23CC4CC(CC(C4)C2)C3)[nH]n1C1CCCCC1. The molecule has 0 saturated heterocycles. The molecule has 0 spiro atoms. The second kappa shape index (κ2) is 5.48. The second-order valence-corrected chi connectivity index (χ2v) is 9.39. The number of aromatic amines is 1. The summed E-state index contributed by atoms with van der Waals surface area (Å²) in [7, 11) is 0. The van der Waals surface area contributed by atoms with E-state index in [4.69, 9.17) is 0 Å². The van der Waals surface area contributed by atoms with Crippen molar-refractivity contribution in [3.8, 4) is 0 Å². The lowest BCUT2D eigenvalue weighted by Gasteiger charge is -2.58. The number of aliphatic hydroxyl groups excluding tert-OH is 1. The molecule has 1 atom stereocenters. The third kappa shape index (κ3) is 2.33. The van der Waals surface area contributed by atoms with Gasteiger partial charge < -0.3 is 5.11 Å². The van der Waals surface area contributed by atoms with Crippen molar-refractivity contribution in [2.24, 2.45) is 23.2 Å². The summed E-state index contributed by atoms with van der Waals surface area (Å²) in [5, 5.41) is 14.6. The number of H-pyrrole nitrogens is 1. The predicted molar refractivity (Wildman–Crippen MR) is 92.7 cm³/mol. The van der Waals surface area contributed by atoms with Gasteiger partial charge in [0.2, 0.25) is 0 Å². The minimum absolute atomic E-state index is 0.0381. The van der Waals surface area contributed by atoms with Crippen LogP contribution < -0.4 is 5.56 Å². The number of rotatable bonds is 3. The summed E-state index contributed by atoms with van der Waals surface area (Å²) in [4.78, 5) is 12.5. The Kier molecular flexibility index (Phi) is 3.48. The van der Waals surface area contributed by atoms with Crippen molar-refractivity contribution in [2.75, 3.05) is 0 Å². The van der Waals surface area contributed by atoms with Crippen molar-refractivity contribution in [3.05, 3.63) is 22.1 Å². The standard InChI is InChI=1S/C20H30N2O2/c23-18-9-17(21-22(18)16-4-2-1-3-5-16)19(24)20-10-13-6-14(11-20)8-15(7-13)12-20/h9,13-16,19,21,24H,1-8,10-12H2. The lowest BCUT2D eigenvalue weighted by Crippen LogP contribution is -2.49. The molecule has 6 rings (SSSR count). The van der Waals surface area contributed by atoms with Crippen LogP contribution in [0, 0.1) is 23.2 Å². The van der Waals surface area contributed by atoms with Crippen molar-refractivity contribution in [1.82, 2.24) is 9.78 Å². The molecule has 5 aliphatic rings. The second-order valence-electron chi connectivity index (χ2n) is 9.39. The van der Waals surface area contributed by atoms with Gasteiger partial charge in [0.25, 0.3) is 5.56 Å². The van der Waals surface area contributed by atoms with E-state index in [0.717, 1.165) is 55.6 Å². The van der Waals surface area contributed by atoms with E-state index in [1.807, 2.05) is 4.68 Å². The summed E-state index contributed by atoms with van der Waals surface area (Å²) >= 11 is 0. The molecule has 132 valence electrons. The van der Waals surface area contributed by atoms with E-state index >= 15 is 0 Å². The molecule has 0 radical (unpaired) electrons. The molecule has 4 heteroatoms. The van der Waals surface area contributed by atoms with Crippen molar-refractivity contribution < 1.29 is 5.11 Å². The third-order valence-electron chi connectivity index (χ3n) is 7.67. The van der Waals surface area contributed by atoms with E-state index in [-0.39, 0.29) is 11.0 Å². The van der Waals surface area contributed by atoms with Gasteiger partial charge in [-0.1, -0.05) is 19.3 Å². The van der Waals surface area contributed by atoms with Crippen LogP contribution >= 0.6 is 0 Å². The van der Waals surface area contributed by atoms with E-state index in [2.05, 4.69) is 5.10 Å². The van der Waals surface area contributed by atoms with Crippen LogP contribution in [0.4, 0.5) is 0 Å². The summed E-state index contributed by atoms with van der Waals surface area (Å²) in [6.07, 6.45) is 13.0. The highest BCUT2D eigenvalue weighted by atomic mass is 16.3. The Hall–Kier alpha value is -1.03. The fourth-order valence-electron chi connectivity index (χ4n) is 7.02. The maximum Gasteiger partial charge on any atom is 0.267 e. The van der Waals surface area contributed by atoms with Crippen molar-refractivity contribution >= 4 is 0 Å². The molecule has 1 heterocycles. The van der Waals surface area contributed by atoms with Gasteiger partial charge in [0.1, 0.15) is 6.10 Å². The van der Waals surface area contributed by atoms with Gasteiger partial charge in [-0.25, -0.2) is 4.68 Å². The fraction of sp³-hybridized carbons (Fsp3) is 0.850. The first-order valence-corrected chi connectivity index (χ1v) is 10.1. The molecule has 5 fully saturated rings. The van der Waals surface area contributed by atoms with Crippen molar-refractivity contribution in [3.63, 3.8) is 0 Å². The van der Waals surface area contributed by atoms with Gasteiger partial charge in [-0.15, -0.1) is 0 Å². The zero-order chi connectivity index (χ0) is 16.3. The maximum atomic E-state index is 12.5. The van der Waals surface area contributed by atoms with E-state index in [1.54, 1.807) is 6.07 Å². The van der Waals surface area contributed by atoms with Crippen LogP contribution in [0.1, 0.15) is 88.5 Å². The number of hydrogen-bond acceptors (Lipinski definition) is 2. The highest BCUT2D eigenvalue weighted by Gasteiger charge is 2.54. The Morgan fingerprint density at radius 2 is 1.62 bits per heavy atom. The van der Waals surface area contributed by atoms with Gasteiger partial charge in [0.05, 0.1) is 11.7 Å². The molecular weight excluding hydrogens is 300 g/mol. The number of nitrogens with zero attached hydrogens (tertiary/aromatic N) is 1. The van der Waals surface area contributed by atoms with Crippen molar-refractivity contribution in [2.45, 2.75) is 82.8 Å². The smallest absolute Gasteiger partial charge is 0.267 e. The van der Waals surface area contributed by atoms with Gasteiger partial charge in [-0.2, -0.15) is 0 Å². The van der Waals surface area contributed by atoms with Crippen LogP contribution in [0.5, 0.6) is 0 Å². The third-order valence-corrected chi connectivity index (χ3v) is 7.67. The minimum Gasteiger partial charge on any atom is -0.386 e. The zero-order valence-electron chi connectivity index (χ0n) is 14.5. The Morgan fingerprint density at radius 1 is 1.04 bits per heavy atom. The highest BCUT2D eigenvalue weighted by Crippen LogP contribution is 2.63. The van der Waals surface area contributed by atoms with Crippen LogP contribution in [0.15, 0.2) is 10.9 Å². The van der Waals surface area contributed by atoms with Crippen LogP contribution in [0.25, 0.3) is 0 Å². The van der Waals surface area contributed by atoms with Crippen LogP contribution in [-0.2, 0) is 0 Å². The summed E-state index contributed by atoms with van der Waals surface area (Å²) in [6.45, 7) is 0. The average Bonchev–Trinajstić information content (AvgIpc) is 2.95. The molecule has 5 saturated carbocycles. The first-order valence-electron chi connectivity index (χ1n) is 10.1. The maximum absolute atomic E-state index is 12.5. The molecule has 0 aromatic carbocycles. The minimum atomic E-state index is -0.483. The molecule has 0 amide bonds. The number of hydrogen-bond donors (Lipinski definition) is 2. The molecule has 4 nitrogen and oxygen atoms in total. The summed E-state index contributed by atoms with van der Waals surface area (Å²) < 4.78 is 1.82. The average molecular weight is 330 g/mol.